The molecule has 25 heavy (non-hydrogen) atoms. The topological polar surface area (TPSA) is 71.1 Å². The lowest BCUT2D eigenvalue weighted by molar-refractivity contribution is -0.136. The van der Waals surface area contributed by atoms with Crippen LogP contribution in [-0.2, 0) is 9.53 Å². The van der Waals surface area contributed by atoms with E-state index in [0.717, 1.165) is 0 Å². The summed E-state index contributed by atoms with van der Waals surface area (Å²) in [7, 11) is 1.57. The Morgan fingerprint density at radius 1 is 0.880 bits per heavy atom. The van der Waals surface area contributed by atoms with Crippen LogP contribution in [0.15, 0.2) is 48.5 Å². The van der Waals surface area contributed by atoms with Crippen molar-refractivity contribution >= 4 is 11.9 Å². The van der Waals surface area contributed by atoms with Gasteiger partial charge in [-0.15, -0.1) is 0 Å². The van der Waals surface area contributed by atoms with E-state index in [1.54, 1.807) is 45.2 Å². The van der Waals surface area contributed by atoms with E-state index < -0.39 is 11.9 Å². The number of esters is 2. The van der Waals surface area contributed by atoms with Crippen LogP contribution in [0.5, 0.6) is 17.2 Å². The van der Waals surface area contributed by atoms with E-state index in [4.69, 9.17) is 18.9 Å². The minimum atomic E-state index is -0.548. The second-order valence-electron chi connectivity index (χ2n) is 5.42. The maximum Gasteiger partial charge on any atom is 0.349 e. The van der Waals surface area contributed by atoms with Gasteiger partial charge in [-0.25, -0.2) is 9.59 Å². The largest absolute Gasteiger partial charge is 0.497 e. The summed E-state index contributed by atoms with van der Waals surface area (Å²) in [6.45, 7) is 3.32. The highest BCUT2D eigenvalue weighted by molar-refractivity contribution is 5.89. The van der Waals surface area contributed by atoms with Crippen LogP contribution in [0.25, 0.3) is 0 Å². The maximum absolute atomic E-state index is 11.8. The zero-order valence-electron chi connectivity index (χ0n) is 14.4. The Bertz CT molecular complexity index is 704. The summed E-state index contributed by atoms with van der Waals surface area (Å²) in [5, 5.41) is 0. The Kier molecular flexibility index (Phi) is 6.39. The van der Waals surface area contributed by atoms with Crippen molar-refractivity contribution in [3.63, 3.8) is 0 Å². The summed E-state index contributed by atoms with van der Waals surface area (Å²) >= 11 is 0. The van der Waals surface area contributed by atoms with Crippen molar-refractivity contribution in [3.8, 4) is 17.2 Å². The number of ether oxygens (including phenoxy) is 4. The molecule has 0 N–H and O–H groups in total. The Labute approximate surface area is 146 Å². The van der Waals surface area contributed by atoms with Gasteiger partial charge in [-0.1, -0.05) is 0 Å². The first-order valence-electron chi connectivity index (χ1n) is 7.76. The second kappa shape index (κ2) is 8.73. The summed E-state index contributed by atoms with van der Waals surface area (Å²) in [5.74, 6) is 0.587. The van der Waals surface area contributed by atoms with E-state index in [-0.39, 0.29) is 12.7 Å². The number of hydrogen-bond acceptors (Lipinski definition) is 6. The summed E-state index contributed by atoms with van der Waals surface area (Å²) < 4.78 is 20.6. The number of methoxy groups -OCH3 is 1. The van der Waals surface area contributed by atoms with Crippen LogP contribution in [-0.4, -0.2) is 31.8 Å². The highest BCUT2D eigenvalue weighted by Crippen LogP contribution is 2.17. The molecule has 0 fully saturated rings. The molecule has 0 saturated carbocycles. The lowest BCUT2D eigenvalue weighted by Crippen LogP contribution is -2.17. The van der Waals surface area contributed by atoms with Crippen molar-refractivity contribution in [2.75, 3.05) is 13.7 Å². The molecule has 0 atom stereocenters. The summed E-state index contributed by atoms with van der Waals surface area (Å²) in [6.07, 6.45) is -0.194. The second-order valence-corrected chi connectivity index (χ2v) is 5.42. The lowest BCUT2D eigenvalue weighted by Gasteiger charge is -2.09. The van der Waals surface area contributed by atoms with Gasteiger partial charge in [0.1, 0.15) is 17.2 Å². The fourth-order valence-electron chi connectivity index (χ4n) is 1.92. The quantitative estimate of drug-likeness (QED) is 0.567. The first-order valence-corrected chi connectivity index (χ1v) is 7.76. The van der Waals surface area contributed by atoms with Gasteiger partial charge < -0.3 is 18.9 Å². The van der Waals surface area contributed by atoms with Crippen molar-refractivity contribution in [2.45, 2.75) is 20.0 Å². The first-order chi connectivity index (χ1) is 12.0. The minimum Gasteiger partial charge on any atom is -0.497 e. The zero-order chi connectivity index (χ0) is 18.2. The number of hydrogen-bond donors (Lipinski definition) is 0. The number of benzene rings is 2. The van der Waals surface area contributed by atoms with Crippen LogP contribution >= 0.6 is 0 Å². The highest BCUT2D eigenvalue weighted by atomic mass is 16.6. The van der Waals surface area contributed by atoms with Crippen LogP contribution in [0, 0.1) is 0 Å². The van der Waals surface area contributed by atoms with Crippen molar-refractivity contribution < 1.29 is 28.5 Å². The molecule has 0 saturated heterocycles. The Morgan fingerprint density at radius 2 is 1.44 bits per heavy atom. The van der Waals surface area contributed by atoms with Gasteiger partial charge in [0.15, 0.2) is 6.61 Å². The standard InChI is InChI=1S/C19H20O6/c1-13(2)24-19(21)14-4-6-17(7-5-14)25-18(20)12-23-16-10-8-15(22-3)9-11-16/h4-11,13H,12H2,1-3H3. The van der Waals surface area contributed by atoms with Crippen molar-refractivity contribution in [1.82, 2.24) is 0 Å². The van der Waals surface area contributed by atoms with Crippen molar-refractivity contribution in [1.29, 1.82) is 0 Å². The third-order valence-corrected chi connectivity index (χ3v) is 3.08. The molecule has 0 amide bonds. The highest BCUT2D eigenvalue weighted by Gasteiger charge is 2.11. The maximum atomic E-state index is 11.8. The molecular weight excluding hydrogens is 324 g/mol. The minimum absolute atomic E-state index is 0.194. The SMILES string of the molecule is COc1ccc(OCC(=O)Oc2ccc(C(=O)OC(C)C)cc2)cc1. The molecule has 2 rings (SSSR count). The molecule has 2 aromatic rings. The van der Waals surface area contributed by atoms with E-state index in [1.807, 2.05) is 0 Å². The lowest BCUT2D eigenvalue weighted by atomic mass is 10.2. The van der Waals surface area contributed by atoms with Crippen molar-refractivity contribution in [3.05, 3.63) is 54.1 Å². The van der Waals surface area contributed by atoms with Crippen molar-refractivity contribution in [2.24, 2.45) is 0 Å². The molecule has 0 radical (unpaired) electrons. The van der Waals surface area contributed by atoms with E-state index in [9.17, 15) is 9.59 Å². The summed E-state index contributed by atoms with van der Waals surface area (Å²) in [4.78, 5) is 23.5. The number of rotatable bonds is 7. The fraction of sp³-hybridized carbons (Fsp3) is 0.263. The summed E-state index contributed by atoms with van der Waals surface area (Å²) in [5.41, 5.74) is 0.392. The molecule has 0 bridgehead atoms. The molecule has 0 aliphatic rings. The molecular formula is C19H20O6. The number of carbonyl (C=O) groups excluding carboxylic acids is 2. The van der Waals surface area contributed by atoms with Crippen LogP contribution in [0.3, 0.4) is 0 Å². The average molecular weight is 344 g/mol. The van der Waals surface area contributed by atoms with E-state index in [1.165, 1.54) is 24.3 Å². The van der Waals surface area contributed by atoms with E-state index in [0.29, 0.717) is 22.8 Å². The third kappa shape index (κ3) is 5.84. The van der Waals surface area contributed by atoms with Gasteiger partial charge >= 0.3 is 11.9 Å². The Morgan fingerprint density at radius 3 is 2.00 bits per heavy atom. The molecule has 0 aliphatic heterocycles. The first kappa shape index (κ1) is 18.3. The molecule has 0 aromatic heterocycles. The predicted octanol–water partition coefficient (Wildman–Crippen LogP) is 3.24. The smallest absolute Gasteiger partial charge is 0.349 e. The van der Waals surface area contributed by atoms with Crippen LogP contribution < -0.4 is 14.2 Å². The monoisotopic (exact) mass is 344 g/mol. The Balaban J connectivity index is 1.84. The van der Waals surface area contributed by atoms with Gasteiger partial charge in [0, 0.05) is 0 Å². The zero-order valence-corrected chi connectivity index (χ0v) is 14.4. The van der Waals surface area contributed by atoms with Gasteiger partial charge in [-0.2, -0.15) is 0 Å². The van der Waals surface area contributed by atoms with Gasteiger partial charge in [-0.3, -0.25) is 0 Å². The molecule has 0 heterocycles. The number of carbonyl (C=O) groups is 2. The molecule has 132 valence electrons. The molecule has 0 unspecified atom stereocenters. The molecule has 6 nitrogen and oxygen atoms in total. The molecule has 6 heteroatoms. The van der Waals surface area contributed by atoms with Crippen LogP contribution in [0.4, 0.5) is 0 Å². The van der Waals surface area contributed by atoms with Gasteiger partial charge in [0.05, 0.1) is 18.8 Å². The van der Waals surface area contributed by atoms with E-state index >= 15 is 0 Å². The Hall–Kier alpha value is -3.02. The van der Waals surface area contributed by atoms with E-state index in [2.05, 4.69) is 0 Å². The summed E-state index contributed by atoms with van der Waals surface area (Å²) in [6, 6.07) is 13.0. The van der Waals surface area contributed by atoms with Crippen LogP contribution in [0.2, 0.25) is 0 Å². The van der Waals surface area contributed by atoms with Crippen LogP contribution in [0.1, 0.15) is 24.2 Å². The third-order valence-electron chi connectivity index (χ3n) is 3.08. The fourth-order valence-corrected chi connectivity index (χ4v) is 1.92. The average Bonchev–Trinajstić information content (AvgIpc) is 2.60. The normalized spacial score (nSPS) is 10.2. The predicted molar refractivity (Wildman–Crippen MR) is 91.1 cm³/mol. The molecule has 2 aromatic carbocycles. The molecule has 0 spiro atoms. The van der Waals surface area contributed by atoms with Gasteiger partial charge in [-0.05, 0) is 62.4 Å². The van der Waals surface area contributed by atoms with Gasteiger partial charge in [0.25, 0.3) is 0 Å². The molecule has 0 aliphatic carbocycles. The van der Waals surface area contributed by atoms with Gasteiger partial charge in [0.2, 0.25) is 0 Å².